The first-order chi connectivity index (χ1) is 9.91. The monoisotopic (exact) mass is 307 g/mol. The summed E-state index contributed by atoms with van der Waals surface area (Å²) in [7, 11) is -1.61. The van der Waals surface area contributed by atoms with E-state index in [9.17, 15) is 13.2 Å². The van der Waals surface area contributed by atoms with E-state index in [1.807, 2.05) is 24.2 Å². The molecule has 2 heterocycles. The normalized spacial score (nSPS) is 27.1. The minimum absolute atomic E-state index is 0.0278. The van der Waals surface area contributed by atoms with Gasteiger partial charge in [-0.15, -0.1) is 0 Å². The van der Waals surface area contributed by atoms with Gasteiger partial charge < -0.3 is 10.2 Å². The van der Waals surface area contributed by atoms with E-state index in [4.69, 9.17) is 0 Å². The molecular weight excluding hydrogens is 290 g/mol. The van der Waals surface area contributed by atoms with Crippen molar-refractivity contribution in [3.63, 3.8) is 0 Å². The summed E-state index contributed by atoms with van der Waals surface area (Å²) in [6.07, 6.45) is 4.57. The molecule has 3 rings (SSSR count). The van der Waals surface area contributed by atoms with Gasteiger partial charge >= 0.3 is 0 Å². The maximum absolute atomic E-state index is 12.6. The number of benzene rings is 1. The van der Waals surface area contributed by atoms with Crippen molar-refractivity contribution in [1.29, 1.82) is 0 Å². The van der Waals surface area contributed by atoms with Crippen molar-refractivity contribution >= 4 is 21.6 Å². The fraction of sp³-hybridized carbons (Fsp3) is 0.357. The van der Waals surface area contributed by atoms with Crippen LogP contribution in [-0.4, -0.2) is 42.8 Å². The molecule has 0 aliphatic carbocycles. The summed E-state index contributed by atoms with van der Waals surface area (Å²) in [5.41, 5.74) is 0.587. The van der Waals surface area contributed by atoms with E-state index in [-0.39, 0.29) is 23.0 Å². The van der Waals surface area contributed by atoms with Gasteiger partial charge in [0.2, 0.25) is 15.9 Å². The second-order valence-corrected chi connectivity index (χ2v) is 7.15. The van der Waals surface area contributed by atoms with Crippen LogP contribution in [0.2, 0.25) is 0 Å². The van der Waals surface area contributed by atoms with Crippen LogP contribution >= 0.6 is 0 Å². The first-order valence-electron chi connectivity index (χ1n) is 6.71. The molecule has 21 heavy (non-hydrogen) atoms. The quantitative estimate of drug-likeness (QED) is 0.852. The van der Waals surface area contributed by atoms with Crippen LogP contribution in [0.5, 0.6) is 0 Å². The number of fused-ring (bicyclic) bond motifs is 1. The molecule has 0 saturated carbocycles. The highest BCUT2D eigenvalue weighted by atomic mass is 32.2. The Bertz CT molecular complexity index is 697. The number of anilines is 1. The van der Waals surface area contributed by atoms with Crippen molar-refractivity contribution in [1.82, 2.24) is 9.21 Å². The molecule has 112 valence electrons. The average Bonchev–Trinajstić information content (AvgIpc) is 3.15. The summed E-state index contributed by atoms with van der Waals surface area (Å²) < 4.78 is 26.8. The van der Waals surface area contributed by atoms with Crippen molar-refractivity contribution < 1.29 is 13.2 Å². The zero-order chi connectivity index (χ0) is 15.2. The maximum atomic E-state index is 12.6. The van der Waals surface area contributed by atoms with Crippen molar-refractivity contribution in [2.75, 3.05) is 12.4 Å². The molecule has 1 aromatic rings. The summed E-state index contributed by atoms with van der Waals surface area (Å²) in [4.78, 5) is 13.1. The summed E-state index contributed by atoms with van der Waals surface area (Å²) in [6, 6.07) is 6.28. The molecule has 0 aromatic heterocycles. The van der Waals surface area contributed by atoms with E-state index >= 15 is 0 Å². The molecular formula is C14H17N3O3S. The van der Waals surface area contributed by atoms with Crippen LogP contribution in [0.15, 0.2) is 41.4 Å². The van der Waals surface area contributed by atoms with E-state index in [2.05, 4.69) is 5.32 Å². The van der Waals surface area contributed by atoms with Crippen molar-refractivity contribution in [3.8, 4) is 0 Å². The Morgan fingerprint density at radius 3 is 2.52 bits per heavy atom. The van der Waals surface area contributed by atoms with Gasteiger partial charge in [-0.1, -0.05) is 6.08 Å². The van der Waals surface area contributed by atoms with Crippen LogP contribution < -0.4 is 5.32 Å². The molecule has 1 N–H and O–H groups in total. The summed E-state index contributed by atoms with van der Waals surface area (Å²) in [6.45, 7) is 1.41. The molecule has 0 spiro atoms. The third-order valence-corrected chi connectivity index (χ3v) is 5.64. The van der Waals surface area contributed by atoms with E-state index in [0.29, 0.717) is 5.69 Å². The molecule has 6 nitrogen and oxygen atoms in total. The third-order valence-electron chi connectivity index (χ3n) is 3.73. The second-order valence-electron chi connectivity index (χ2n) is 5.31. The average molecular weight is 307 g/mol. The number of carbonyl (C=O) groups is 1. The lowest BCUT2D eigenvalue weighted by Gasteiger charge is -2.15. The first kappa shape index (κ1) is 14.1. The largest absolute Gasteiger partial charge is 0.363 e. The van der Waals surface area contributed by atoms with Gasteiger partial charge in [0.15, 0.2) is 0 Å². The van der Waals surface area contributed by atoms with Gasteiger partial charge in [0, 0.05) is 19.7 Å². The summed E-state index contributed by atoms with van der Waals surface area (Å²) >= 11 is 0. The molecule has 7 heteroatoms. The Morgan fingerprint density at radius 1 is 1.29 bits per heavy atom. The Hall–Kier alpha value is -1.86. The topological polar surface area (TPSA) is 69.5 Å². The number of rotatable bonds is 3. The van der Waals surface area contributed by atoms with E-state index in [1.165, 1.54) is 23.4 Å². The number of hydrogen-bond acceptors (Lipinski definition) is 4. The first-order valence-corrected chi connectivity index (χ1v) is 8.15. The van der Waals surface area contributed by atoms with Gasteiger partial charge in [-0.2, -0.15) is 4.31 Å². The van der Waals surface area contributed by atoms with Gasteiger partial charge in [0.05, 0.1) is 10.9 Å². The van der Waals surface area contributed by atoms with Gasteiger partial charge in [-0.25, -0.2) is 8.42 Å². The zero-order valence-electron chi connectivity index (χ0n) is 11.9. The fourth-order valence-corrected chi connectivity index (χ4v) is 4.52. The minimum atomic E-state index is -3.49. The molecule has 1 fully saturated rings. The molecule has 3 atom stereocenters. The SMILES string of the molecule is CC(=O)Nc1ccc(S(=O)(=O)N2[C@@H]3CC=CN(C)[C@@H]32)cc1. The number of carbonyl (C=O) groups excluding carboxylic acids is 1. The van der Waals surface area contributed by atoms with Crippen LogP contribution in [-0.2, 0) is 14.8 Å². The predicted octanol–water partition coefficient (Wildman–Crippen LogP) is 1.19. The molecule has 2 aliphatic rings. The summed E-state index contributed by atoms with van der Waals surface area (Å²) in [5.74, 6) is -0.185. The smallest absolute Gasteiger partial charge is 0.245 e. The van der Waals surface area contributed by atoms with Crippen molar-refractivity contribution in [2.24, 2.45) is 0 Å². The minimum Gasteiger partial charge on any atom is -0.363 e. The summed E-state index contributed by atoms with van der Waals surface area (Å²) in [5, 5.41) is 2.62. The zero-order valence-corrected chi connectivity index (χ0v) is 12.7. The number of amides is 1. The lowest BCUT2D eigenvalue weighted by atomic mass is 10.2. The number of hydrogen-bond donors (Lipinski definition) is 1. The molecule has 1 amide bonds. The highest BCUT2D eigenvalue weighted by Gasteiger charge is 2.57. The Labute approximate surface area is 124 Å². The molecule has 2 aliphatic heterocycles. The predicted molar refractivity (Wildman–Crippen MR) is 78.9 cm³/mol. The van der Waals surface area contributed by atoms with Crippen LogP contribution in [0.4, 0.5) is 5.69 Å². The van der Waals surface area contributed by atoms with Crippen LogP contribution in [0, 0.1) is 0 Å². The van der Waals surface area contributed by atoms with E-state index in [1.54, 1.807) is 12.1 Å². The second kappa shape index (κ2) is 4.85. The molecule has 1 unspecified atom stereocenters. The van der Waals surface area contributed by atoms with Crippen molar-refractivity contribution in [2.45, 2.75) is 30.4 Å². The van der Waals surface area contributed by atoms with Crippen LogP contribution in [0.3, 0.4) is 0 Å². The number of nitrogens with zero attached hydrogens (tertiary/aromatic N) is 2. The lowest BCUT2D eigenvalue weighted by Crippen LogP contribution is -2.23. The Kier molecular flexibility index (Phi) is 3.26. The molecule has 1 saturated heterocycles. The van der Waals surface area contributed by atoms with Gasteiger partial charge in [-0.05, 0) is 36.9 Å². The number of nitrogens with one attached hydrogen (secondary N) is 1. The van der Waals surface area contributed by atoms with Crippen LogP contribution in [0.25, 0.3) is 0 Å². The number of sulfonamides is 1. The Morgan fingerprint density at radius 2 is 1.95 bits per heavy atom. The highest BCUT2D eigenvalue weighted by Crippen LogP contribution is 2.41. The Balaban J connectivity index is 1.82. The molecule has 0 radical (unpaired) electrons. The van der Waals surface area contributed by atoms with Gasteiger partial charge in [-0.3, -0.25) is 4.79 Å². The highest BCUT2D eigenvalue weighted by molar-refractivity contribution is 7.89. The standard InChI is InChI=1S/C14H17N3O3S/c1-10(18)15-11-5-7-12(8-6-11)21(19,20)17-13-4-3-9-16(2)14(13)17/h3,5-9,13-14H,4H2,1-2H3,(H,15,18)/t13-,14-,17?/m1/s1. The maximum Gasteiger partial charge on any atom is 0.245 e. The number of likely N-dealkylation sites (N-methyl/N-ethyl adjacent to an activating group) is 1. The van der Waals surface area contributed by atoms with E-state index < -0.39 is 10.0 Å². The third kappa shape index (κ3) is 2.43. The van der Waals surface area contributed by atoms with E-state index in [0.717, 1.165) is 6.42 Å². The van der Waals surface area contributed by atoms with Gasteiger partial charge in [0.1, 0.15) is 6.17 Å². The molecule has 0 bridgehead atoms. The fourth-order valence-electron chi connectivity index (χ4n) is 2.73. The lowest BCUT2D eigenvalue weighted by molar-refractivity contribution is -0.114. The van der Waals surface area contributed by atoms with Gasteiger partial charge in [0.25, 0.3) is 0 Å². The molecule has 1 aromatic carbocycles. The van der Waals surface area contributed by atoms with Crippen molar-refractivity contribution in [3.05, 3.63) is 36.5 Å². The van der Waals surface area contributed by atoms with Crippen LogP contribution in [0.1, 0.15) is 13.3 Å².